The molecule has 0 aliphatic carbocycles. The Labute approximate surface area is 116 Å². The number of rotatable bonds is 8. The van der Waals surface area contributed by atoms with Gasteiger partial charge in [-0.3, -0.25) is 19.9 Å². The second kappa shape index (κ2) is 6.69. The number of fused-ring (bicyclic) bond motifs is 1. The van der Waals surface area contributed by atoms with E-state index in [1.54, 1.807) is 18.2 Å². The molecule has 0 saturated heterocycles. The van der Waals surface area contributed by atoms with Gasteiger partial charge in [-0.05, 0) is 12.1 Å². The quantitative estimate of drug-likeness (QED) is 0.242. The van der Waals surface area contributed by atoms with E-state index in [-0.39, 0.29) is 19.2 Å². The standard InChI is InChI=1S/C13H15N3O4/c1-2-6-19-15-12-5-3-4-10-11(12)7-16(13(10)18)20-9-14-8-17/h2-5,8,15H,1,6-7,9H2,(H,14,17). The van der Waals surface area contributed by atoms with Crippen LogP contribution in [0.15, 0.2) is 30.9 Å². The molecule has 0 radical (unpaired) electrons. The van der Waals surface area contributed by atoms with Crippen molar-refractivity contribution >= 4 is 18.0 Å². The van der Waals surface area contributed by atoms with Gasteiger partial charge >= 0.3 is 0 Å². The summed E-state index contributed by atoms with van der Waals surface area (Å²) in [6, 6.07) is 5.28. The number of amides is 2. The fourth-order valence-corrected chi connectivity index (χ4v) is 1.83. The van der Waals surface area contributed by atoms with E-state index >= 15 is 0 Å². The molecular formula is C13H15N3O4. The summed E-state index contributed by atoms with van der Waals surface area (Å²) in [5.41, 5.74) is 4.81. The van der Waals surface area contributed by atoms with E-state index < -0.39 is 0 Å². The van der Waals surface area contributed by atoms with Crippen molar-refractivity contribution in [1.82, 2.24) is 10.4 Å². The second-order valence-electron chi connectivity index (χ2n) is 3.97. The van der Waals surface area contributed by atoms with Gasteiger partial charge in [0.1, 0.15) is 6.73 Å². The maximum atomic E-state index is 12.1. The molecule has 1 aliphatic heterocycles. The van der Waals surface area contributed by atoms with Gasteiger partial charge in [0.2, 0.25) is 6.41 Å². The number of hydrogen-bond donors (Lipinski definition) is 2. The fourth-order valence-electron chi connectivity index (χ4n) is 1.83. The van der Waals surface area contributed by atoms with E-state index in [2.05, 4.69) is 17.4 Å². The zero-order chi connectivity index (χ0) is 14.4. The predicted molar refractivity (Wildman–Crippen MR) is 71.2 cm³/mol. The van der Waals surface area contributed by atoms with Crippen LogP contribution in [0.5, 0.6) is 0 Å². The van der Waals surface area contributed by atoms with Crippen molar-refractivity contribution in [3.8, 4) is 0 Å². The Balaban J connectivity index is 2.07. The van der Waals surface area contributed by atoms with Crippen molar-refractivity contribution in [2.24, 2.45) is 0 Å². The third kappa shape index (κ3) is 2.95. The van der Waals surface area contributed by atoms with Gasteiger partial charge in [0.15, 0.2) is 0 Å². The molecule has 2 N–H and O–H groups in total. The number of carbonyl (C=O) groups excluding carboxylic acids is 2. The van der Waals surface area contributed by atoms with Crippen LogP contribution >= 0.6 is 0 Å². The Morgan fingerprint density at radius 3 is 3.05 bits per heavy atom. The first-order valence-corrected chi connectivity index (χ1v) is 6.00. The number of benzene rings is 1. The summed E-state index contributed by atoms with van der Waals surface area (Å²) in [7, 11) is 0. The molecule has 7 nitrogen and oxygen atoms in total. The average Bonchev–Trinajstić information content (AvgIpc) is 2.78. The van der Waals surface area contributed by atoms with Crippen LogP contribution in [0.1, 0.15) is 15.9 Å². The van der Waals surface area contributed by atoms with E-state index in [0.717, 1.165) is 5.56 Å². The van der Waals surface area contributed by atoms with Gasteiger partial charge in [-0.2, -0.15) is 0 Å². The van der Waals surface area contributed by atoms with Crippen LogP contribution in [0.3, 0.4) is 0 Å². The van der Waals surface area contributed by atoms with Gasteiger partial charge < -0.3 is 5.32 Å². The maximum Gasteiger partial charge on any atom is 0.278 e. The topological polar surface area (TPSA) is 79.9 Å². The normalized spacial score (nSPS) is 13.0. The highest BCUT2D eigenvalue weighted by Gasteiger charge is 2.30. The predicted octanol–water partition coefficient (Wildman–Crippen LogP) is 0.807. The minimum absolute atomic E-state index is 0.0566. The monoisotopic (exact) mass is 277 g/mol. The van der Waals surface area contributed by atoms with Crippen LogP contribution in [0, 0.1) is 0 Å². The van der Waals surface area contributed by atoms with Crippen LogP contribution in [-0.4, -0.2) is 30.7 Å². The van der Waals surface area contributed by atoms with Crippen molar-refractivity contribution in [2.45, 2.75) is 6.54 Å². The fraction of sp³-hybridized carbons (Fsp3) is 0.231. The van der Waals surface area contributed by atoms with Crippen molar-refractivity contribution < 1.29 is 19.3 Å². The van der Waals surface area contributed by atoms with Crippen LogP contribution in [-0.2, 0) is 21.0 Å². The molecule has 0 bridgehead atoms. The van der Waals surface area contributed by atoms with Crippen molar-refractivity contribution in [3.05, 3.63) is 42.0 Å². The number of nitrogens with one attached hydrogen (secondary N) is 2. The Kier molecular flexibility index (Phi) is 4.70. The minimum Gasteiger partial charge on any atom is -0.334 e. The van der Waals surface area contributed by atoms with E-state index in [1.165, 1.54) is 5.06 Å². The Hall–Kier alpha value is -2.38. The van der Waals surface area contributed by atoms with Gasteiger partial charge in [0.05, 0.1) is 18.8 Å². The van der Waals surface area contributed by atoms with E-state index in [9.17, 15) is 9.59 Å². The highest BCUT2D eigenvalue weighted by Crippen LogP contribution is 2.29. The summed E-state index contributed by atoms with van der Waals surface area (Å²) in [6.45, 7) is 4.13. The average molecular weight is 277 g/mol. The zero-order valence-corrected chi connectivity index (χ0v) is 10.8. The lowest BCUT2D eigenvalue weighted by Crippen LogP contribution is -2.29. The summed E-state index contributed by atoms with van der Waals surface area (Å²) >= 11 is 0. The van der Waals surface area contributed by atoms with Gasteiger partial charge in [0.25, 0.3) is 5.91 Å². The Bertz CT molecular complexity index is 518. The first-order valence-electron chi connectivity index (χ1n) is 6.00. The smallest absolute Gasteiger partial charge is 0.278 e. The SMILES string of the molecule is C=CCONc1cccc2c1CN(OCNC=O)C2=O. The molecule has 0 unspecified atom stereocenters. The van der Waals surface area contributed by atoms with Crippen molar-refractivity contribution in [1.29, 1.82) is 0 Å². The first kappa shape index (κ1) is 14.0. The van der Waals surface area contributed by atoms with Crippen LogP contribution in [0.25, 0.3) is 0 Å². The summed E-state index contributed by atoms with van der Waals surface area (Å²) in [5.74, 6) is -0.250. The van der Waals surface area contributed by atoms with Crippen LogP contribution in [0.2, 0.25) is 0 Å². The molecule has 1 aromatic rings. The van der Waals surface area contributed by atoms with Crippen LogP contribution in [0.4, 0.5) is 5.69 Å². The number of nitrogens with zero attached hydrogens (tertiary/aromatic N) is 1. The lowest BCUT2D eigenvalue weighted by atomic mass is 10.1. The zero-order valence-electron chi connectivity index (χ0n) is 10.8. The van der Waals surface area contributed by atoms with Gasteiger partial charge in [-0.25, -0.2) is 9.90 Å². The summed E-state index contributed by atoms with van der Waals surface area (Å²) in [4.78, 5) is 32.6. The third-order valence-corrected chi connectivity index (χ3v) is 2.71. The Morgan fingerprint density at radius 2 is 2.30 bits per heavy atom. The van der Waals surface area contributed by atoms with Gasteiger partial charge in [-0.15, -0.1) is 6.58 Å². The molecular weight excluding hydrogens is 262 g/mol. The van der Waals surface area contributed by atoms with Crippen molar-refractivity contribution in [3.63, 3.8) is 0 Å². The molecule has 1 aliphatic rings. The number of anilines is 1. The molecule has 1 aromatic carbocycles. The molecule has 0 saturated carbocycles. The molecule has 0 aromatic heterocycles. The largest absolute Gasteiger partial charge is 0.334 e. The second-order valence-corrected chi connectivity index (χ2v) is 3.97. The highest BCUT2D eigenvalue weighted by molar-refractivity contribution is 5.99. The molecule has 106 valence electrons. The molecule has 2 rings (SSSR count). The summed E-state index contributed by atoms with van der Waals surface area (Å²) in [6.07, 6.45) is 2.12. The lowest BCUT2D eigenvalue weighted by Gasteiger charge is -2.14. The lowest BCUT2D eigenvalue weighted by molar-refractivity contribution is -0.137. The molecule has 20 heavy (non-hydrogen) atoms. The molecule has 0 fully saturated rings. The molecule has 1 heterocycles. The minimum atomic E-state index is -0.250. The molecule has 0 atom stereocenters. The van der Waals surface area contributed by atoms with Crippen LogP contribution < -0.4 is 10.8 Å². The van der Waals surface area contributed by atoms with E-state index in [1.807, 2.05) is 6.07 Å². The number of hydrogen-bond acceptors (Lipinski definition) is 5. The highest BCUT2D eigenvalue weighted by atomic mass is 16.7. The maximum absolute atomic E-state index is 12.1. The van der Waals surface area contributed by atoms with Crippen molar-refractivity contribution in [2.75, 3.05) is 18.8 Å². The molecule has 2 amide bonds. The van der Waals surface area contributed by atoms with Gasteiger partial charge in [0, 0.05) is 11.1 Å². The number of hydroxylamine groups is 2. The number of carbonyl (C=O) groups is 2. The third-order valence-electron chi connectivity index (χ3n) is 2.71. The Morgan fingerprint density at radius 1 is 1.45 bits per heavy atom. The first-order chi connectivity index (χ1) is 9.77. The summed E-state index contributed by atoms with van der Waals surface area (Å²) in [5, 5.41) is 3.53. The van der Waals surface area contributed by atoms with E-state index in [0.29, 0.717) is 24.3 Å². The van der Waals surface area contributed by atoms with Gasteiger partial charge in [-0.1, -0.05) is 12.1 Å². The molecule has 0 spiro atoms. The van der Waals surface area contributed by atoms with E-state index in [4.69, 9.17) is 9.68 Å². The summed E-state index contributed by atoms with van der Waals surface area (Å²) < 4.78 is 0. The molecule has 7 heteroatoms.